The third-order valence-corrected chi connectivity index (χ3v) is 6.65. The van der Waals surface area contributed by atoms with Crippen LogP contribution < -0.4 is 15.1 Å². The minimum atomic E-state index is -0.625. The van der Waals surface area contributed by atoms with Crippen LogP contribution in [0.5, 0.6) is 0 Å². The van der Waals surface area contributed by atoms with Gasteiger partial charge in [-0.2, -0.15) is 0 Å². The SMILES string of the molecule is Cc1csc(=O)n1CC(=O)OCC(=O)Nc1ccc(N2CCN(Cc3ccccc3)CC2)cc1. The van der Waals surface area contributed by atoms with E-state index in [-0.39, 0.29) is 11.4 Å². The smallest absolute Gasteiger partial charge is 0.326 e. The number of piperazine rings is 1. The first-order valence-corrected chi connectivity index (χ1v) is 12.1. The van der Waals surface area contributed by atoms with Gasteiger partial charge in [-0.1, -0.05) is 41.7 Å². The highest BCUT2D eigenvalue weighted by Gasteiger charge is 2.17. The van der Waals surface area contributed by atoms with E-state index in [4.69, 9.17) is 4.74 Å². The van der Waals surface area contributed by atoms with Gasteiger partial charge in [0.05, 0.1) is 0 Å². The molecular weight excluding hydrogens is 452 g/mol. The molecule has 3 aromatic rings. The normalized spacial score (nSPS) is 14.1. The predicted octanol–water partition coefficient (Wildman–Crippen LogP) is 2.72. The van der Waals surface area contributed by atoms with Gasteiger partial charge in [-0.05, 0) is 36.8 Å². The largest absolute Gasteiger partial charge is 0.454 e. The standard InChI is InChI=1S/C25H28N4O4S/c1-19-18-34-25(32)29(19)16-24(31)33-17-23(30)26-21-7-9-22(10-8-21)28-13-11-27(12-14-28)15-20-5-3-2-4-6-20/h2-10,18H,11-17H2,1H3,(H,26,30). The summed E-state index contributed by atoms with van der Waals surface area (Å²) in [5.74, 6) is -1.05. The molecule has 1 N–H and O–H groups in total. The van der Waals surface area contributed by atoms with E-state index < -0.39 is 18.5 Å². The Kier molecular flexibility index (Phi) is 7.76. The van der Waals surface area contributed by atoms with E-state index in [0.717, 1.165) is 49.7 Å². The zero-order chi connectivity index (χ0) is 23.9. The summed E-state index contributed by atoms with van der Waals surface area (Å²) in [6.45, 7) is 5.99. The molecule has 178 valence electrons. The number of carbonyl (C=O) groups excluding carboxylic acids is 2. The molecule has 0 saturated carbocycles. The number of benzene rings is 2. The van der Waals surface area contributed by atoms with Gasteiger partial charge in [-0.15, -0.1) is 0 Å². The summed E-state index contributed by atoms with van der Waals surface area (Å²) in [7, 11) is 0. The van der Waals surface area contributed by atoms with Gasteiger partial charge in [0.2, 0.25) is 0 Å². The van der Waals surface area contributed by atoms with Crippen molar-refractivity contribution in [2.24, 2.45) is 0 Å². The maximum atomic E-state index is 12.2. The zero-order valence-corrected chi connectivity index (χ0v) is 19.9. The Balaban J connectivity index is 1.20. The molecule has 1 saturated heterocycles. The predicted molar refractivity (Wildman–Crippen MR) is 133 cm³/mol. The molecule has 0 aliphatic carbocycles. The van der Waals surface area contributed by atoms with Crippen LogP contribution in [0, 0.1) is 6.92 Å². The van der Waals surface area contributed by atoms with Crippen LogP contribution >= 0.6 is 11.3 Å². The number of amides is 1. The van der Waals surface area contributed by atoms with Crippen LogP contribution in [0.1, 0.15) is 11.3 Å². The lowest BCUT2D eigenvalue weighted by atomic mass is 10.2. The van der Waals surface area contributed by atoms with Crippen molar-refractivity contribution in [3.63, 3.8) is 0 Å². The molecule has 1 amide bonds. The summed E-state index contributed by atoms with van der Waals surface area (Å²) in [6.07, 6.45) is 0. The summed E-state index contributed by atoms with van der Waals surface area (Å²) in [5.41, 5.74) is 3.77. The number of hydrogen-bond acceptors (Lipinski definition) is 7. The fraction of sp³-hybridized carbons (Fsp3) is 0.320. The second kappa shape index (κ2) is 11.1. The summed E-state index contributed by atoms with van der Waals surface area (Å²) in [5, 5.41) is 4.41. The quantitative estimate of drug-likeness (QED) is 0.499. The highest BCUT2D eigenvalue weighted by atomic mass is 32.1. The number of rotatable bonds is 8. The average molecular weight is 481 g/mol. The van der Waals surface area contributed by atoms with Crippen molar-refractivity contribution in [1.29, 1.82) is 0 Å². The molecule has 9 heteroatoms. The Morgan fingerprint density at radius 1 is 1.00 bits per heavy atom. The minimum absolute atomic E-state index is 0.200. The van der Waals surface area contributed by atoms with Crippen LogP contribution in [-0.2, 0) is 27.4 Å². The Morgan fingerprint density at radius 3 is 2.35 bits per heavy atom. The lowest BCUT2D eigenvalue weighted by molar-refractivity contribution is -0.147. The van der Waals surface area contributed by atoms with Gasteiger partial charge in [0.15, 0.2) is 6.61 Å². The molecule has 0 spiro atoms. The number of aromatic nitrogens is 1. The molecule has 34 heavy (non-hydrogen) atoms. The number of hydrogen-bond donors (Lipinski definition) is 1. The van der Waals surface area contributed by atoms with Gasteiger partial charge in [0.25, 0.3) is 5.91 Å². The number of nitrogens with one attached hydrogen (secondary N) is 1. The van der Waals surface area contributed by atoms with Crippen LogP contribution in [0.2, 0.25) is 0 Å². The minimum Gasteiger partial charge on any atom is -0.454 e. The average Bonchev–Trinajstić information content (AvgIpc) is 3.16. The second-order valence-corrected chi connectivity index (χ2v) is 9.05. The highest BCUT2D eigenvalue weighted by molar-refractivity contribution is 7.07. The summed E-state index contributed by atoms with van der Waals surface area (Å²) >= 11 is 1.03. The Hall–Kier alpha value is -3.43. The number of anilines is 2. The fourth-order valence-corrected chi connectivity index (χ4v) is 4.61. The summed E-state index contributed by atoms with van der Waals surface area (Å²) in [6, 6.07) is 18.2. The lowest BCUT2D eigenvalue weighted by Gasteiger charge is -2.36. The molecule has 0 radical (unpaired) electrons. The van der Waals surface area contributed by atoms with Gasteiger partial charge >= 0.3 is 10.8 Å². The van der Waals surface area contributed by atoms with Gasteiger partial charge in [-0.3, -0.25) is 23.9 Å². The first-order chi connectivity index (χ1) is 16.5. The van der Waals surface area contributed by atoms with Gasteiger partial charge < -0.3 is 15.0 Å². The Morgan fingerprint density at radius 2 is 1.71 bits per heavy atom. The number of esters is 1. The highest BCUT2D eigenvalue weighted by Crippen LogP contribution is 2.20. The molecule has 0 atom stereocenters. The molecular formula is C25H28N4O4S. The van der Waals surface area contributed by atoms with E-state index >= 15 is 0 Å². The third-order valence-electron chi connectivity index (χ3n) is 5.77. The first kappa shape index (κ1) is 23.7. The topological polar surface area (TPSA) is 83.9 Å². The molecule has 2 aromatic carbocycles. The molecule has 0 bridgehead atoms. The third kappa shape index (κ3) is 6.33. The van der Waals surface area contributed by atoms with Gasteiger partial charge in [-0.25, -0.2) is 0 Å². The Labute approximate surface area is 202 Å². The van der Waals surface area contributed by atoms with Crippen LogP contribution in [0.25, 0.3) is 0 Å². The van der Waals surface area contributed by atoms with Crippen LogP contribution in [0.4, 0.5) is 11.4 Å². The lowest BCUT2D eigenvalue weighted by Crippen LogP contribution is -2.45. The fourth-order valence-electron chi connectivity index (χ4n) is 3.88. The number of nitrogens with zero attached hydrogens (tertiary/aromatic N) is 3. The maximum Gasteiger partial charge on any atom is 0.326 e. The van der Waals surface area contributed by atoms with Crippen molar-refractivity contribution in [2.75, 3.05) is 43.0 Å². The number of aryl methyl sites for hydroxylation is 1. The zero-order valence-electron chi connectivity index (χ0n) is 19.1. The van der Waals surface area contributed by atoms with Crippen LogP contribution in [0.3, 0.4) is 0 Å². The molecule has 4 rings (SSSR count). The maximum absolute atomic E-state index is 12.2. The van der Waals surface area contributed by atoms with Gasteiger partial charge in [0.1, 0.15) is 6.54 Å². The van der Waals surface area contributed by atoms with Gasteiger partial charge in [0, 0.05) is 55.2 Å². The van der Waals surface area contributed by atoms with E-state index in [1.54, 1.807) is 12.3 Å². The van der Waals surface area contributed by atoms with Crippen molar-refractivity contribution in [3.05, 3.63) is 80.9 Å². The molecule has 1 aliphatic heterocycles. The monoisotopic (exact) mass is 480 g/mol. The molecule has 1 aliphatic rings. The summed E-state index contributed by atoms with van der Waals surface area (Å²) in [4.78, 5) is 40.3. The van der Waals surface area contributed by atoms with Crippen LogP contribution in [-0.4, -0.2) is 54.1 Å². The van der Waals surface area contributed by atoms with Crippen molar-refractivity contribution in [2.45, 2.75) is 20.0 Å². The molecule has 1 fully saturated rings. The van der Waals surface area contributed by atoms with E-state index in [2.05, 4.69) is 39.4 Å². The van der Waals surface area contributed by atoms with Crippen molar-refractivity contribution in [1.82, 2.24) is 9.47 Å². The molecule has 1 aromatic heterocycles. The Bertz CT molecular complexity index is 1170. The van der Waals surface area contributed by atoms with Crippen molar-refractivity contribution in [3.8, 4) is 0 Å². The molecule has 2 heterocycles. The summed E-state index contributed by atoms with van der Waals surface area (Å²) < 4.78 is 6.34. The van der Waals surface area contributed by atoms with E-state index in [1.165, 1.54) is 10.1 Å². The van der Waals surface area contributed by atoms with Crippen molar-refractivity contribution < 1.29 is 14.3 Å². The van der Waals surface area contributed by atoms with E-state index in [0.29, 0.717) is 11.4 Å². The number of carbonyl (C=O) groups is 2. The van der Waals surface area contributed by atoms with E-state index in [9.17, 15) is 14.4 Å². The first-order valence-electron chi connectivity index (χ1n) is 11.2. The number of ether oxygens (including phenoxy) is 1. The molecule has 0 unspecified atom stereocenters. The van der Waals surface area contributed by atoms with Crippen LogP contribution in [0.15, 0.2) is 64.8 Å². The van der Waals surface area contributed by atoms with Crippen molar-refractivity contribution >= 4 is 34.6 Å². The second-order valence-electron chi connectivity index (χ2n) is 8.23. The molecule has 8 nitrogen and oxygen atoms in total. The van der Waals surface area contributed by atoms with E-state index in [1.807, 2.05) is 30.3 Å². The number of thiazole rings is 1.